The molecule has 21 heavy (non-hydrogen) atoms. The average molecular weight is 313 g/mol. The van der Waals surface area contributed by atoms with Crippen molar-refractivity contribution in [3.8, 4) is 6.07 Å². The first-order chi connectivity index (χ1) is 10.1. The minimum atomic E-state index is -3.65. The predicted octanol–water partition coefficient (Wildman–Crippen LogP) is 0.627. The van der Waals surface area contributed by atoms with Gasteiger partial charge in [0.05, 0.1) is 6.61 Å². The number of nitrogens with zero attached hydrogens (tertiary/aromatic N) is 3. The van der Waals surface area contributed by atoms with Crippen LogP contribution in [-0.2, 0) is 19.5 Å². The first-order valence-electron chi connectivity index (χ1n) is 6.40. The molecule has 0 spiro atoms. The van der Waals surface area contributed by atoms with E-state index in [9.17, 15) is 8.42 Å². The van der Waals surface area contributed by atoms with Crippen molar-refractivity contribution in [2.45, 2.75) is 11.3 Å². The van der Waals surface area contributed by atoms with E-state index in [1.807, 2.05) is 6.07 Å². The van der Waals surface area contributed by atoms with E-state index in [1.54, 1.807) is 7.11 Å². The van der Waals surface area contributed by atoms with Gasteiger partial charge in [-0.2, -0.15) is 9.57 Å². The topological polar surface area (TPSA) is 92.5 Å². The highest BCUT2D eigenvalue weighted by atomic mass is 32.2. The molecule has 0 atom stereocenters. The Labute approximate surface area is 125 Å². The van der Waals surface area contributed by atoms with Gasteiger partial charge in [0, 0.05) is 40.1 Å². The van der Waals surface area contributed by atoms with Gasteiger partial charge in [0.2, 0.25) is 10.0 Å². The van der Waals surface area contributed by atoms with E-state index >= 15 is 0 Å². The van der Waals surface area contributed by atoms with Gasteiger partial charge in [-0.15, -0.1) is 0 Å². The van der Waals surface area contributed by atoms with Crippen LogP contribution in [0.4, 0.5) is 0 Å². The molecule has 0 aliphatic carbocycles. The lowest BCUT2D eigenvalue weighted by molar-refractivity contribution is 0.164. The molecule has 1 rings (SSSR count). The predicted molar refractivity (Wildman–Crippen MR) is 76.1 cm³/mol. The van der Waals surface area contributed by atoms with Crippen molar-refractivity contribution in [2.75, 3.05) is 40.5 Å². The lowest BCUT2D eigenvalue weighted by Gasteiger charge is -2.21. The molecule has 116 valence electrons. The molecule has 0 N–H and O–H groups in total. The van der Waals surface area contributed by atoms with Crippen molar-refractivity contribution in [3.05, 3.63) is 24.0 Å². The largest absolute Gasteiger partial charge is 0.385 e. The molecule has 1 aromatic rings. The maximum Gasteiger partial charge on any atom is 0.244 e. The molecule has 0 aliphatic heterocycles. The van der Waals surface area contributed by atoms with Crippen LogP contribution in [0.3, 0.4) is 0 Å². The Balaban J connectivity index is 2.92. The van der Waals surface area contributed by atoms with Gasteiger partial charge in [-0.25, -0.2) is 13.4 Å². The van der Waals surface area contributed by atoms with Gasteiger partial charge in [0.25, 0.3) is 0 Å². The Morgan fingerprint density at radius 1 is 1.24 bits per heavy atom. The molecule has 0 amide bonds. The van der Waals surface area contributed by atoms with E-state index in [2.05, 4.69) is 4.98 Å². The van der Waals surface area contributed by atoms with Gasteiger partial charge < -0.3 is 9.47 Å². The van der Waals surface area contributed by atoms with Gasteiger partial charge in [-0.3, -0.25) is 0 Å². The number of sulfonamides is 1. The fourth-order valence-corrected chi connectivity index (χ4v) is 3.09. The van der Waals surface area contributed by atoms with Crippen LogP contribution in [0.1, 0.15) is 12.1 Å². The third kappa shape index (κ3) is 5.06. The van der Waals surface area contributed by atoms with E-state index in [-0.39, 0.29) is 17.1 Å². The Morgan fingerprint density at radius 2 is 1.95 bits per heavy atom. The van der Waals surface area contributed by atoms with Crippen molar-refractivity contribution < 1.29 is 17.9 Å². The average Bonchev–Trinajstić information content (AvgIpc) is 2.50. The quantitative estimate of drug-likeness (QED) is 0.621. The van der Waals surface area contributed by atoms with Gasteiger partial charge in [0.15, 0.2) is 0 Å². The van der Waals surface area contributed by atoms with E-state index in [0.717, 1.165) is 0 Å². The second-order valence-corrected chi connectivity index (χ2v) is 6.17. The van der Waals surface area contributed by atoms with Crippen molar-refractivity contribution in [2.24, 2.45) is 0 Å². The van der Waals surface area contributed by atoms with Crippen LogP contribution in [0, 0.1) is 11.3 Å². The zero-order chi connectivity index (χ0) is 15.7. The molecule has 0 fully saturated rings. The van der Waals surface area contributed by atoms with Gasteiger partial charge in [-0.1, -0.05) is 0 Å². The summed E-state index contributed by atoms with van der Waals surface area (Å²) in [6.07, 6.45) is 1.78. The third-order valence-corrected chi connectivity index (χ3v) is 4.67. The van der Waals surface area contributed by atoms with Crippen molar-refractivity contribution in [1.82, 2.24) is 9.29 Å². The highest BCUT2D eigenvalue weighted by Crippen LogP contribution is 2.15. The van der Waals surface area contributed by atoms with E-state index in [4.69, 9.17) is 14.7 Å². The van der Waals surface area contributed by atoms with Crippen LogP contribution in [0.2, 0.25) is 0 Å². The molecular weight excluding hydrogens is 294 g/mol. The number of methoxy groups -OCH3 is 2. The lowest BCUT2D eigenvalue weighted by atomic mass is 10.4. The molecule has 7 nitrogen and oxygen atoms in total. The molecule has 8 heteroatoms. The minimum Gasteiger partial charge on any atom is -0.385 e. The summed E-state index contributed by atoms with van der Waals surface area (Å²) < 4.78 is 36.3. The van der Waals surface area contributed by atoms with Crippen molar-refractivity contribution in [1.29, 1.82) is 5.26 Å². The number of hydrogen-bond donors (Lipinski definition) is 0. The molecule has 1 aromatic heterocycles. The molecule has 0 saturated heterocycles. The summed E-state index contributed by atoms with van der Waals surface area (Å²) in [6, 6.07) is 4.63. The molecule has 0 saturated carbocycles. The van der Waals surface area contributed by atoms with Crippen LogP contribution >= 0.6 is 0 Å². The Morgan fingerprint density at radius 3 is 2.48 bits per heavy atom. The Hall–Kier alpha value is -1.53. The monoisotopic (exact) mass is 313 g/mol. The van der Waals surface area contributed by atoms with Crippen molar-refractivity contribution >= 4 is 10.0 Å². The Bertz CT molecular complexity index is 566. The summed E-state index contributed by atoms with van der Waals surface area (Å²) in [5.74, 6) is 0. The van der Waals surface area contributed by atoms with Gasteiger partial charge in [-0.05, 0) is 18.6 Å². The number of aromatic nitrogens is 1. The number of rotatable bonds is 9. The number of ether oxygens (including phenoxy) is 2. The van der Waals surface area contributed by atoms with Crippen LogP contribution < -0.4 is 0 Å². The van der Waals surface area contributed by atoms with E-state index < -0.39 is 10.0 Å². The first-order valence-corrected chi connectivity index (χ1v) is 7.84. The minimum absolute atomic E-state index is 0.0648. The van der Waals surface area contributed by atoms with Crippen LogP contribution in [0.5, 0.6) is 0 Å². The Kier molecular flexibility index (Phi) is 7.25. The van der Waals surface area contributed by atoms with E-state index in [1.165, 1.54) is 29.7 Å². The standard InChI is InChI=1S/C13H19N3O4S/c1-19-8-3-6-16(7-9-20-2)21(17,18)13-5-4-12(10-14)15-11-13/h4-5,11H,3,6-9H2,1-2H3. The van der Waals surface area contributed by atoms with Crippen LogP contribution in [-0.4, -0.2) is 58.2 Å². The fraction of sp³-hybridized carbons (Fsp3) is 0.538. The summed E-state index contributed by atoms with van der Waals surface area (Å²) in [4.78, 5) is 3.86. The second kappa shape index (κ2) is 8.69. The number of hydrogen-bond acceptors (Lipinski definition) is 6. The maximum absolute atomic E-state index is 12.5. The summed E-state index contributed by atoms with van der Waals surface area (Å²) in [5.41, 5.74) is 0.178. The lowest BCUT2D eigenvalue weighted by Crippen LogP contribution is -2.35. The maximum atomic E-state index is 12.5. The summed E-state index contributed by atoms with van der Waals surface area (Å²) >= 11 is 0. The molecular formula is C13H19N3O4S. The van der Waals surface area contributed by atoms with Gasteiger partial charge >= 0.3 is 0 Å². The molecule has 0 radical (unpaired) electrons. The number of pyridine rings is 1. The normalized spacial score (nSPS) is 11.5. The van der Waals surface area contributed by atoms with Gasteiger partial charge in [0.1, 0.15) is 16.7 Å². The molecule has 0 aromatic carbocycles. The zero-order valence-corrected chi connectivity index (χ0v) is 13.0. The fourth-order valence-electron chi connectivity index (χ4n) is 1.68. The molecule has 0 unspecified atom stereocenters. The summed E-state index contributed by atoms with van der Waals surface area (Å²) in [6.45, 7) is 1.36. The molecule has 1 heterocycles. The highest BCUT2D eigenvalue weighted by molar-refractivity contribution is 7.89. The van der Waals surface area contributed by atoms with Crippen molar-refractivity contribution in [3.63, 3.8) is 0 Å². The summed E-state index contributed by atoms with van der Waals surface area (Å²) in [5, 5.41) is 8.70. The molecule has 0 aliphatic rings. The second-order valence-electron chi connectivity index (χ2n) is 4.23. The first kappa shape index (κ1) is 17.5. The third-order valence-electron chi connectivity index (χ3n) is 2.79. The van der Waals surface area contributed by atoms with E-state index in [0.29, 0.717) is 26.2 Å². The smallest absolute Gasteiger partial charge is 0.244 e. The summed E-state index contributed by atoms with van der Waals surface area (Å²) in [7, 11) is -0.568. The SMILES string of the molecule is COCCCN(CCOC)S(=O)(=O)c1ccc(C#N)nc1. The number of nitriles is 1. The van der Waals surface area contributed by atoms with Crippen LogP contribution in [0.25, 0.3) is 0 Å². The zero-order valence-electron chi connectivity index (χ0n) is 12.2. The molecule has 0 bridgehead atoms. The highest BCUT2D eigenvalue weighted by Gasteiger charge is 2.24. The van der Waals surface area contributed by atoms with Crippen LogP contribution in [0.15, 0.2) is 23.2 Å².